The monoisotopic (exact) mass is 329 g/mol. The Kier molecular flexibility index (Phi) is 4.59. The van der Waals surface area contributed by atoms with Crippen molar-refractivity contribution in [1.29, 1.82) is 0 Å². The third-order valence-electron chi connectivity index (χ3n) is 3.65. The van der Waals surface area contributed by atoms with E-state index in [9.17, 15) is 25.0 Å². The number of anilines is 1. The van der Waals surface area contributed by atoms with E-state index in [1.54, 1.807) is 13.0 Å². The maximum absolute atomic E-state index is 12.4. The predicted octanol–water partition coefficient (Wildman–Crippen LogP) is 3.68. The highest BCUT2D eigenvalue weighted by atomic mass is 16.6. The lowest BCUT2D eigenvalue weighted by Gasteiger charge is -2.10. The molecule has 24 heavy (non-hydrogen) atoms. The Bertz CT molecular complexity index is 826. The molecule has 0 aromatic heterocycles. The van der Waals surface area contributed by atoms with Gasteiger partial charge >= 0.3 is 0 Å². The molecule has 2 aromatic carbocycles. The van der Waals surface area contributed by atoms with Gasteiger partial charge in [0.25, 0.3) is 17.3 Å². The van der Waals surface area contributed by atoms with Crippen molar-refractivity contribution < 1.29 is 14.6 Å². The Morgan fingerprint density at radius 1 is 0.958 bits per heavy atom. The van der Waals surface area contributed by atoms with E-state index >= 15 is 0 Å². The van der Waals surface area contributed by atoms with Crippen LogP contribution >= 0.6 is 0 Å². The van der Waals surface area contributed by atoms with Crippen molar-refractivity contribution in [3.8, 4) is 0 Å². The number of nitro benzene ring substituents is 2. The smallest absolute Gasteiger partial charge is 0.279 e. The molecule has 0 saturated heterocycles. The Labute approximate surface area is 137 Å². The summed E-state index contributed by atoms with van der Waals surface area (Å²) >= 11 is 0. The third-order valence-corrected chi connectivity index (χ3v) is 3.65. The number of nitro groups is 2. The van der Waals surface area contributed by atoms with Gasteiger partial charge in [-0.15, -0.1) is 0 Å². The molecule has 0 aliphatic rings. The fraction of sp³-hybridized carbons (Fsp3) is 0.188. The van der Waals surface area contributed by atoms with Crippen LogP contribution in [0.4, 0.5) is 17.1 Å². The van der Waals surface area contributed by atoms with E-state index in [0.717, 1.165) is 23.3 Å². The summed E-state index contributed by atoms with van der Waals surface area (Å²) in [6.45, 7) is 4.94. The van der Waals surface area contributed by atoms with Gasteiger partial charge in [0, 0.05) is 17.8 Å². The first-order valence-electron chi connectivity index (χ1n) is 7.02. The second kappa shape index (κ2) is 6.45. The van der Waals surface area contributed by atoms with Crippen molar-refractivity contribution in [1.82, 2.24) is 0 Å². The molecule has 0 fully saturated rings. The Hall–Kier alpha value is -3.29. The number of nitrogens with one attached hydrogen (secondary N) is 1. The van der Waals surface area contributed by atoms with Crippen LogP contribution in [0.15, 0.2) is 30.3 Å². The minimum Gasteiger partial charge on any atom is -0.322 e. The lowest BCUT2D eigenvalue weighted by molar-refractivity contribution is -0.395. The Balaban J connectivity index is 2.47. The van der Waals surface area contributed by atoms with Crippen LogP contribution in [0.1, 0.15) is 27.0 Å². The minimum atomic E-state index is -0.739. The Morgan fingerprint density at radius 3 is 2.00 bits per heavy atom. The van der Waals surface area contributed by atoms with Crippen molar-refractivity contribution in [2.24, 2.45) is 0 Å². The molecule has 0 saturated carbocycles. The summed E-state index contributed by atoms with van der Waals surface area (Å²) in [6.07, 6.45) is 0. The van der Waals surface area contributed by atoms with Crippen LogP contribution in [0.3, 0.4) is 0 Å². The first-order chi connectivity index (χ1) is 11.2. The molecular weight excluding hydrogens is 314 g/mol. The molecule has 0 aliphatic carbocycles. The molecule has 1 amide bonds. The van der Waals surface area contributed by atoms with Crippen LogP contribution in [0.5, 0.6) is 0 Å². The van der Waals surface area contributed by atoms with E-state index < -0.39 is 27.1 Å². The summed E-state index contributed by atoms with van der Waals surface area (Å²) < 4.78 is 0. The first-order valence-corrected chi connectivity index (χ1v) is 7.02. The SMILES string of the molecule is Cc1ccc(C)c(NC(=O)c2cc([N+](=O)[O-])c(C)c([N+](=O)[O-])c2)c1. The highest BCUT2D eigenvalue weighted by Crippen LogP contribution is 2.30. The number of aryl methyl sites for hydroxylation is 2. The van der Waals surface area contributed by atoms with Gasteiger partial charge in [0.1, 0.15) is 5.56 Å². The molecule has 0 aliphatic heterocycles. The van der Waals surface area contributed by atoms with Gasteiger partial charge in [-0.3, -0.25) is 25.0 Å². The van der Waals surface area contributed by atoms with E-state index in [2.05, 4.69) is 5.32 Å². The quantitative estimate of drug-likeness (QED) is 0.678. The molecule has 124 valence electrons. The summed E-state index contributed by atoms with van der Waals surface area (Å²) in [5, 5.41) is 24.8. The van der Waals surface area contributed by atoms with Gasteiger partial charge in [-0.1, -0.05) is 12.1 Å². The topological polar surface area (TPSA) is 115 Å². The van der Waals surface area contributed by atoms with Crippen LogP contribution in [-0.2, 0) is 0 Å². The van der Waals surface area contributed by atoms with Crippen LogP contribution in [0.2, 0.25) is 0 Å². The van der Waals surface area contributed by atoms with E-state index in [0.29, 0.717) is 5.69 Å². The summed E-state index contributed by atoms with van der Waals surface area (Å²) in [6, 6.07) is 7.55. The normalized spacial score (nSPS) is 10.3. The second-order valence-corrected chi connectivity index (χ2v) is 5.43. The number of hydrogen-bond donors (Lipinski definition) is 1. The number of benzene rings is 2. The molecule has 0 heterocycles. The molecule has 0 bridgehead atoms. The summed E-state index contributed by atoms with van der Waals surface area (Å²) in [4.78, 5) is 33.1. The number of nitrogens with zero attached hydrogens (tertiary/aromatic N) is 2. The number of hydrogen-bond acceptors (Lipinski definition) is 5. The van der Waals surface area contributed by atoms with Gasteiger partial charge in [-0.05, 0) is 38.0 Å². The van der Waals surface area contributed by atoms with Crippen molar-refractivity contribution in [3.63, 3.8) is 0 Å². The predicted molar refractivity (Wildman–Crippen MR) is 88.4 cm³/mol. The number of carbonyl (C=O) groups excluding carboxylic acids is 1. The van der Waals surface area contributed by atoms with E-state index in [1.165, 1.54) is 6.92 Å². The largest absolute Gasteiger partial charge is 0.322 e. The van der Waals surface area contributed by atoms with Crippen LogP contribution in [0.25, 0.3) is 0 Å². The highest BCUT2D eigenvalue weighted by Gasteiger charge is 2.25. The molecule has 2 aromatic rings. The van der Waals surface area contributed by atoms with Crippen LogP contribution < -0.4 is 5.32 Å². The average Bonchev–Trinajstić information content (AvgIpc) is 2.50. The lowest BCUT2D eigenvalue weighted by atomic mass is 10.1. The summed E-state index contributed by atoms with van der Waals surface area (Å²) in [7, 11) is 0. The van der Waals surface area contributed by atoms with E-state index in [-0.39, 0.29) is 11.1 Å². The third kappa shape index (κ3) is 3.37. The molecule has 2 rings (SSSR count). The molecule has 0 spiro atoms. The first kappa shape index (κ1) is 17.1. The van der Waals surface area contributed by atoms with Crippen molar-refractivity contribution in [3.05, 3.63) is 72.8 Å². The van der Waals surface area contributed by atoms with Gasteiger partial charge in [-0.25, -0.2) is 0 Å². The number of carbonyl (C=O) groups is 1. The van der Waals surface area contributed by atoms with Gasteiger partial charge in [0.2, 0.25) is 0 Å². The number of rotatable bonds is 4. The molecular formula is C16H15N3O5. The summed E-state index contributed by atoms with van der Waals surface area (Å²) in [5.41, 5.74) is 1.13. The maximum atomic E-state index is 12.4. The zero-order valence-electron chi connectivity index (χ0n) is 13.3. The summed E-state index contributed by atoms with van der Waals surface area (Å²) in [5.74, 6) is -0.644. The average molecular weight is 329 g/mol. The molecule has 1 N–H and O–H groups in total. The molecule has 0 radical (unpaired) electrons. The van der Waals surface area contributed by atoms with Crippen molar-refractivity contribution in [2.45, 2.75) is 20.8 Å². The van der Waals surface area contributed by atoms with Gasteiger partial charge < -0.3 is 5.32 Å². The van der Waals surface area contributed by atoms with Crippen molar-refractivity contribution in [2.75, 3.05) is 5.32 Å². The molecule has 8 nitrogen and oxygen atoms in total. The van der Waals surface area contributed by atoms with E-state index in [1.807, 2.05) is 19.1 Å². The molecule has 0 atom stereocenters. The zero-order chi connectivity index (χ0) is 18.0. The van der Waals surface area contributed by atoms with Gasteiger partial charge in [-0.2, -0.15) is 0 Å². The Morgan fingerprint density at radius 2 is 1.50 bits per heavy atom. The fourth-order valence-electron chi connectivity index (χ4n) is 2.26. The second-order valence-electron chi connectivity index (χ2n) is 5.43. The molecule has 0 unspecified atom stereocenters. The lowest BCUT2D eigenvalue weighted by Crippen LogP contribution is -2.14. The maximum Gasteiger partial charge on any atom is 0.279 e. The van der Waals surface area contributed by atoms with Gasteiger partial charge in [0.15, 0.2) is 0 Å². The minimum absolute atomic E-state index is 0.0895. The van der Waals surface area contributed by atoms with Crippen molar-refractivity contribution >= 4 is 23.0 Å². The fourth-order valence-corrected chi connectivity index (χ4v) is 2.26. The zero-order valence-corrected chi connectivity index (χ0v) is 13.3. The van der Waals surface area contributed by atoms with Crippen LogP contribution in [0, 0.1) is 41.0 Å². The van der Waals surface area contributed by atoms with E-state index in [4.69, 9.17) is 0 Å². The van der Waals surface area contributed by atoms with Gasteiger partial charge in [0.05, 0.1) is 15.4 Å². The number of amides is 1. The highest BCUT2D eigenvalue weighted by molar-refractivity contribution is 6.05. The standard InChI is InChI=1S/C16H15N3O5/c1-9-4-5-10(2)13(6-9)17-16(20)12-7-14(18(21)22)11(3)15(8-12)19(23)24/h4-8H,1-3H3,(H,17,20). The molecule has 8 heteroatoms. The van der Waals surface area contributed by atoms with Crippen LogP contribution in [-0.4, -0.2) is 15.8 Å².